The zero-order valence-electron chi connectivity index (χ0n) is 12.6. The van der Waals surface area contributed by atoms with E-state index in [-0.39, 0.29) is 11.8 Å². The number of rotatable bonds is 5. The van der Waals surface area contributed by atoms with Gasteiger partial charge in [-0.05, 0) is 30.9 Å². The Kier molecular flexibility index (Phi) is 4.74. The fraction of sp³-hybridized carbons (Fsp3) is 0.316. The summed E-state index contributed by atoms with van der Waals surface area (Å²) in [6.07, 6.45) is 2.70. The fourth-order valence-electron chi connectivity index (χ4n) is 2.89. The van der Waals surface area contributed by atoms with Gasteiger partial charge >= 0.3 is 0 Å². The Morgan fingerprint density at radius 2 is 1.86 bits per heavy atom. The molecule has 0 saturated carbocycles. The standard InChI is InChI=1S/C19H21NO2/c21-19(20-13-6-9-15-7-2-1-3-8-15)17-12-14-22-18-11-5-4-10-16(17)18/h1-5,7-8,10-11,17H,6,9,12-14H2,(H,20,21). The van der Waals surface area contributed by atoms with E-state index in [0.29, 0.717) is 13.2 Å². The third-order valence-corrected chi connectivity index (χ3v) is 4.06. The van der Waals surface area contributed by atoms with Gasteiger partial charge in [0, 0.05) is 12.1 Å². The van der Waals surface area contributed by atoms with Crippen LogP contribution in [0.1, 0.15) is 29.9 Å². The number of nitrogens with one attached hydrogen (secondary N) is 1. The summed E-state index contributed by atoms with van der Waals surface area (Å²) in [6, 6.07) is 18.2. The molecule has 1 aliphatic rings. The van der Waals surface area contributed by atoms with E-state index in [4.69, 9.17) is 4.74 Å². The van der Waals surface area contributed by atoms with Crippen LogP contribution in [-0.4, -0.2) is 19.1 Å². The zero-order chi connectivity index (χ0) is 15.2. The van der Waals surface area contributed by atoms with Crippen molar-refractivity contribution in [2.75, 3.05) is 13.2 Å². The quantitative estimate of drug-likeness (QED) is 0.860. The minimum atomic E-state index is -0.0818. The lowest BCUT2D eigenvalue weighted by molar-refractivity contribution is -0.123. The van der Waals surface area contributed by atoms with Gasteiger partial charge in [-0.1, -0.05) is 48.5 Å². The molecule has 3 nitrogen and oxygen atoms in total. The molecule has 2 aromatic rings. The van der Waals surface area contributed by atoms with Crippen molar-refractivity contribution in [2.45, 2.75) is 25.2 Å². The molecule has 3 rings (SSSR count). The molecule has 1 heterocycles. The molecular weight excluding hydrogens is 274 g/mol. The van der Waals surface area contributed by atoms with Crippen LogP contribution in [-0.2, 0) is 11.2 Å². The van der Waals surface area contributed by atoms with Crippen molar-refractivity contribution in [2.24, 2.45) is 0 Å². The third kappa shape index (κ3) is 3.48. The Morgan fingerprint density at radius 1 is 1.09 bits per heavy atom. The van der Waals surface area contributed by atoms with Crippen molar-refractivity contribution >= 4 is 5.91 Å². The summed E-state index contributed by atoms with van der Waals surface area (Å²) in [5.41, 5.74) is 2.32. The molecule has 1 unspecified atom stereocenters. The Labute approximate surface area is 131 Å². The van der Waals surface area contributed by atoms with Crippen LogP contribution in [0.5, 0.6) is 5.75 Å². The Bertz CT molecular complexity index is 624. The van der Waals surface area contributed by atoms with Gasteiger partial charge in [0.25, 0.3) is 0 Å². The average molecular weight is 295 g/mol. The van der Waals surface area contributed by atoms with E-state index in [1.54, 1.807) is 0 Å². The number of fused-ring (bicyclic) bond motifs is 1. The fourth-order valence-corrected chi connectivity index (χ4v) is 2.89. The van der Waals surface area contributed by atoms with Crippen molar-refractivity contribution in [1.82, 2.24) is 5.32 Å². The van der Waals surface area contributed by atoms with Crippen LogP contribution < -0.4 is 10.1 Å². The number of amides is 1. The molecule has 114 valence electrons. The molecule has 0 aromatic heterocycles. The lowest BCUT2D eigenvalue weighted by Gasteiger charge is -2.25. The Morgan fingerprint density at radius 3 is 2.73 bits per heavy atom. The first-order valence-corrected chi connectivity index (χ1v) is 7.88. The summed E-state index contributed by atoms with van der Waals surface area (Å²) in [5.74, 6) is 0.878. The molecule has 22 heavy (non-hydrogen) atoms. The van der Waals surface area contributed by atoms with E-state index >= 15 is 0 Å². The highest BCUT2D eigenvalue weighted by molar-refractivity contribution is 5.84. The van der Waals surface area contributed by atoms with Crippen molar-refractivity contribution < 1.29 is 9.53 Å². The van der Waals surface area contributed by atoms with E-state index in [1.807, 2.05) is 42.5 Å². The van der Waals surface area contributed by atoms with E-state index in [0.717, 1.165) is 30.6 Å². The van der Waals surface area contributed by atoms with E-state index < -0.39 is 0 Å². The molecule has 3 heteroatoms. The predicted molar refractivity (Wildman–Crippen MR) is 87.1 cm³/mol. The molecule has 0 fully saturated rings. The van der Waals surface area contributed by atoms with Gasteiger partial charge < -0.3 is 10.1 Å². The molecule has 0 spiro atoms. The predicted octanol–water partition coefficient (Wildman–Crippen LogP) is 3.30. The van der Waals surface area contributed by atoms with Crippen LogP contribution in [0.3, 0.4) is 0 Å². The number of hydrogen-bond donors (Lipinski definition) is 1. The highest BCUT2D eigenvalue weighted by Crippen LogP contribution is 2.33. The smallest absolute Gasteiger partial charge is 0.227 e. The molecule has 1 aliphatic heterocycles. The number of benzene rings is 2. The van der Waals surface area contributed by atoms with E-state index in [9.17, 15) is 4.79 Å². The summed E-state index contributed by atoms with van der Waals surface area (Å²) in [5, 5.41) is 3.07. The van der Waals surface area contributed by atoms with Gasteiger partial charge in [0.1, 0.15) is 5.75 Å². The van der Waals surface area contributed by atoms with Crippen molar-refractivity contribution in [3.63, 3.8) is 0 Å². The van der Waals surface area contributed by atoms with Crippen LogP contribution >= 0.6 is 0 Å². The number of carbonyl (C=O) groups excluding carboxylic acids is 1. The maximum atomic E-state index is 12.4. The van der Waals surface area contributed by atoms with Crippen molar-refractivity contribution in [3.05, 3.63) is 65.7 Å². The molecule has 2 aromatic carbocycles. The van der Waals surface area contributed by atoms with Crippen LogP contribution in [0.4, 0.5) is 0 Å². The van der Waals surface area contributed by atoms with Crippen molar-refractivity contribution in [1.29, 1.82) is 0 Å². The number of para-hydroxylation sites is 1. The number of hydrogen-bond acceptors (Lipinski definition) is 2. The second kappa shape index (κ2) is 7.12. The second-order valence-electron chi connectivity index (χ2n) is 5.61. The zero-order valence-corrected chi connectivity index (χ0v) is 12.6. The van der Waals surface area contributed by atoms with Gasteiger partial charge in [-0.25, -0.2) is 0 Å². The van der Waals surface area contributed by atoms with E-state index in [1.165, 1.54) is 5.56 Å². The lowest BCUT2D eigenvalue weighted by atomic mass is 9.92. The van der Waals surface area contributed by atoms with Crippen LogP contribution in [0.15, 0.2) is 54.6 Å². The highest BCUT2D eigenvalue weighted by Gasteiger charge is 2.26. The Balaban J connectivity index is 1.51. The third-order valence-electron chi connectivity index (χ3n) is 4.06. The maximum Gasteiger partial charge on any atom is 0.227 e. The van der Waals surface area contributed by atoms with Crippen LogP contribution in [0.25, 0.3) is 0 Å². The van der Waals surface area contributed by atoms with Crippen LogP contribution in [0, 0.1) is 0 Å². The molecule has 0 radical (unpaired) electrons. The maximum absolute atomic E-state index is 12.4. The summed E-state index contributed by atoms with van der Waals surface area (Å²) in [6.45, 7) is 1.33. The monoisotopic (exact) mass is 295 g/mol. The lowest BCUT2D eigenvalue weighted by Crippen LogP contribution is -2.33. The molecule has 0 aliphatic carbocycles. The minimum Gasteiger partial charge on any atom is -0.493 e. The van der Waals surface area contributed by atoms with Crippen molar-refractivity contribution in [3.8, 4) is 5.75 Å². The molecule has 0 bridgehead atoms. The van der Waals surface area contributed by atoms with Gasteiger partial charge in [-0.15, -0.1) is 0 Å². The van der Waals surface area contributed by atoms with Gasteiger partial charge in [-0.2, -0.15) is 0 Å². The minimum absolute atomic E-state index is 0.0818. The van der Waals surface area contributed by atoms with Gasteiger partial charge in [0.05, 0.1) is 12.5 Å². The second-order valence-corrected chi connectivity index (χ2v) is 5.61. The number of ether oxygens (including phenoxy) is 1. The molecule has 1 atom stereocenters. The molecule has 1 amide bonds. The van der Waals surface area contributed by atoms with E-state index in [2.05, 4.69) is 17.4 Å². The summed E-state index contributed by atoms with van der Waals surface area (Å²) < 4.78 is 5.61. The summed E-state index contributed by atoms with van der Waals surface area (Å²) in [7, 11) is 0. The SMILES string of the molecule is O=C(NCCCc1ccccc1)C1CCOc2ccccc21. The average Bonchev–Trinajstić information content (AvgIpc) is 2.59. The first-order chi connectivity index (χ1) is 10.8. The summed E-state index contributed by atoms with van der Waals surface area (Å²) >= 11 is 0. The Hall–Kier alpha value is -2.29. The number of carbonyl (C=O) groups is 1. The number of aryl methyl sites for hydroxylation is 1. The normalized spacial score (nSPS) is 16.5. The highest BCUT2D eigenvalue weighted by atomic mass is 16.5. The van der Waals surface area contributed by atoms with Gasteiger partial charge in [-0.3, -0.25) is 4.79 Å². The molecule has 1 N–H and O–H groups in total. The molecular formula is C19H21NO2. The van der Waals surface area contributed by atoms with Gasteiger partial charge in [0.2, 0.25) is 5.91 Å². The molecule has 0 saturated heterocycles. The van der Waals surface area contributed by atoms with Crippen LogP contribution in [0.2, 0.25) is 0 Å². The largest absolute Gasteiger partial charge is 0.493 e. The first-order valence-electron chi connectivity index (χ1n) is 7.88. The van der Waals surface area contributed by atoms with Gasteiger partial charge in [0.15, 0.2) is 0 Å². The first kappa shape index (κ1) is 14.6. The summed E-state index contributed by atoms with van der Waals surface area (Å²) in [4.78, 5) is 12.4. The topological polar surface area (TPSA) is 38.3 Å².